The summed E-state index contributed by atoms with van der Waals surface area (Å²) in [4.78, 5) is 26.1. The second-order valence-electron chi connectivity index (χ2n) is 18.3. The number of nitrogens with one attached hydrogen (secondary N) is 1. The lowest BCUT2D eigenvalue weighted by molar-refractivity contribution is -0.151. The summed E-state index contributed by atoms with van der Waals surface area (Å²) < 4.78 is 5.92. The molecule has 0 bridgehead atoms. The molecule has 0 spiro atoms. The average Bonchev–Trinajstić information content (AvgIpc) is 3.24. The molecule has 0 aromatic heterocycles. The number of aliphatic hydroxyl groups is 2. The van der Waals surface area contributed by atoms with Crippen LogP contribution in [0.3, 0.4) is 0 Å². The molecule has 0 fully saturated rings. The third-order valence-corrected chi connectivity index (χ3v) is 12.3. The van der Waals surface area contributed by atoms with Gasteiger partial charge in [0.05, 0.1) is 25.2 Å². The highest BCUT2D eigenvalue weighted by Crippen LogP contribution is 2.18. The number of hydrogen-bond donors (Lipinski definition) is 3. The van der Waals surface area contributed by atoms with Crippen LogP contribution in [0.1, 0.15) is 284 Å². The lowest BCUT2D eigenvalue weighted by Gasteiger charge is -2.24. The summed E-state index contributed by atoms with van der Waals surface area (Å²) in [6.45, 7) is 6.48. The van der Waals surface area contributed by atoms with Gasteiger partial charge in [-0.05, 0) is 77.0 Å². The molecule has 6 heteroatoms. The van der Waals surface area contributed by atoms with Gasteiger partial charge in [-0.2, -0.15) is 0 Å². The molecule has 3 unspecified atom stereocenters. The molecule has 0 saturated carbocycles. The van der Waals surface area contributed by atoms with Crippen LogP contribution in [0.4, 0.5) is 0 Å². The average molecular weight is 846 g/mol. The molecule has 0 aliphatic rings. The van der Waals surface area contributed by atoms with E-state index in [0.717, 1.165) is 64.2 Å². The highest BCUT2D eigenvalue weighted by molar-refractivity contribution is 5.77. The summed E-state index contributed by atoms with van der Waals surface area (Å²) in [6, 6.07) is -0.703. The lowest BCUT2D eigenvalue weighted by Crippen LogP contribution is -2.46. The highest BCUT2D eigenvalue weighted by atomic mass is 16.5. The Kier molecular flexibility index (Phi) is 47.0. The lowest BCUT2D eigenvalue weighted by atomic mass is 10.0. The minimum absolute atomic E-state index is 0.0698. The molecule has 0 aliphatic carbocycles. The van der Waals surface area contributed by atoms with Gasteiger partial charge in [0, 0.05) is 6.42 Å². The van der Waals surface area contributed by atoms with Gasteiger partial charge in [-0.3, -0.25) is 9.59 Å². The first-order valence-corrected chi connectivity index (χ1v) is 26.6. The van der Waals surface area contributed by atoms with Gasteiger partial charge in [0.1, 0.15) is 6.10 Å². The summed E-state index contributed by atoms with van der Waals surface area (Å²) >= 11 is 0. The molecule has 0 aromatic carbocycles. The van der Waals surface area contributed by atoms with Crippen molar-refractivity contribution in [1.29, 1.82) is 0 Å². The molecule has 6 nitrogen and oxygen atoms in total. The van der Waals surface area contributed by atoms with Crippen LogP contribution >= 0.6 is 0 Å². The van der Waals surface area contributed by atoms with Gasteiger partial charge in [-0.25, -0.2) is 0 Å². The third kappa shape index (κ3) is 43.0. The predicted molar refractivity (Wildman–Crippen MR) is 260 cm³/mol. The van der Waals surface area contributed by atoms with Crippen molar-refractivity contribution < 1.29 is 24.5 Å². The number of carbonyl (C=O) groups excluding carboxylic acids is 2. The second-order valence-corrected chi connectivity index (χ2v) is 18.3. The van der Waals surface area contributed by atoms with E-state index in [4.69, 9.17) is 4.74 Å². The summed E-state index contributed by atoms with van der Waals surface area (Å²) in [7, 11) is 0. The van der Waals surface area contributed by atoms with E-state index in [-0.39, 0.29) is 24.9 Å². The molecule has 1 amide bonds. The van der Waals surface area contributed by atoms with Crippen LogP contribution in [0.15, 0.2) is 24.3 Å². The molecule has 0 rings (SSSR count). The smallest absolute Gasteiger partial charge is 0.306 e. The van der Waals surface area contributed by atoms with E-state index >= 15 is 0 Å². The normalized spacial score (nSPS) is 13.3. The van der Waals surface area contributed by atoms with E-state index in [1.807, 2.05) is 0 Å². The summed E-state index contributed by atoms with van der Waals surface area (Å²) in [5.41, 5.74) is 0. The van der Waals surface area contributed by atoms with Crippen LogP contribution < -0.4 is 5.32 Å². The number of aliphatic hydroxyl groups excluding tert-OH is 2. The molecule has 60 heavy (non-hydrogen) atoms. The van der Waals surface area contributed by atoms with Gasteiger partial charge >= 0.3 is 5.97 Å². The predicted octanol–water partition coefficient (Wildman–Crippen LogP) is 15.9. The number of amides is 1. The Balaban J connectivity index is 4.55. The molecule has 0 saturated heterocycles. The maximum absolute atomic E-state index is 13.2. The van der Waals surface area contributed by atoms with Crippen molar-refractivity contribution in [1.82, 2.24) is 5.32 Å². The van der Waals surface area contributed by atoms with Crippen molar-refractivity contribution in [2.24, 2.45) is 0 Å². The number of rotatable bonds is 48. The van der Waals surface area contributed by atoms with E-state index in [0.29, 0.717) is 19.3 Å². The summed E-state index contributed by atoms with van der Waals surface area (Å²) in [5, 5.41) is 23.8. The van der Waals surface area contributed by atoms with E-state index in [1.165, 1.54) is 173 Å². The first-order valence-electron chi connectivity index (χ1n) is 26.6. The Morgan fingerprint density at radius 2 is 0.800 bits per heavy atom. The van der Waals surface area contributed by atoms with Gasteiger partial charge < -0.3 is 20.3 Å². The van der Waals surface area contributed by atoms with Crippen LogP contribution in [0.2, 0.25) is 0 Å². The molecule has 0 aromatic rings. The molecule has 354 valence electrons. The molecule has 0 aliphatic heterocycles. The van der Waals surface area contributed by atoms with Crippen molar-refractivity contribution in [3.8, 4) is 0 Å². The third-order valence-electron chi connectivity index (χ3n) is 12.3. The monoisotopic (exact) mass is 846 g/mol. The quantitative estimate of drug-likeness (QED) is 0.0322. The topological polar surface area (TPSA) is 95.9 Å². The highest BCUT2D eigenvalue weighted by Gasteiger charge is 2.24. The number of unbranched alkanes of at least 4 members (excludes halogenated alkanes) is 32. The summed E-state index contributed by atoms with van der Waals surface area (Å²) in [6.07, 6.45) is 55.2. The van der Waals surface area contributed by atoms with E-state index in [9.17, 15) is 19.8 Å². The summed E-state index contributed by atoms with van der Waals surface area (Å²) in [5.74, 6) is -0.489. The molecule has 3 N–H and O–H groups in total. The van der Waals surface area contributed by atoms with Crippen molar-refractivity contribution in [3.05, 3.63) is 24.3 Å². The Hall–Kier alpha value is -1.66. The van der Waals surface area contributed by atoms with Crippen molar-refractivity contribution >= 4 is 11.9 Å². The van der Waals surface area contributed by atoms with Gasteiger partial charge in [-0.15, -0.1) is 0 Å². The van der Waals surface area contributed by atoms with E-state index in [2.05, 4.69) is 50.4 Å². The molecule has 0 radical (unpaired) electrons. The zero-order chi connectivity index (χ0) is 43.8. The van der Waals surface area contributed by atoms with Gasteiger partial charge in [0.15, 0.2) is 0 Å². The molecule has 0 heterocycles. The van der Waals surface area contributed by atoms with Crippen LogP contribution in [-0.4, -0.2) is 46.9 Å². The minimum Gasteiger partial charge on any atom is -0.462 e. The Labute approximate surface area is 373 Å². The van der Waals surface area contributed by atoms with Crippen molar-refractivity contribution in [3.63, 3.8) is 0 Å². The first-order chi connectivity index (χ1) is 29.5. The van der Waals surface area contributed by atoms with Gasteiger partial charge in [-0.1, -0.05) is 218 Å². The zero-order valence-electron chi connectivity index (χ0n) is 40.4. The minimum atomic E-state index is -0.789. The maximum atomic E-state index is 13.2. The van der Waals surface area contributed by atoms with Crippen molar-refractivity contribution in [2.75, 3.05) is 6.61 Å². The fourth-order valence-electron chi connectivity index (χ4n) is 8.19. The molecular weight excluding hydrogens is 743 g/mol. The van der Waals surface area contributed by atoms with Crippen LogP contribution in [0.25, 0.3) is 0 Å². The maximum Gasteiger partial charge on any atom is 0.306 e. The largest absolute Gasteiger partial charge is 0.462 e. The number of hydrogen-bond acceptors (Lipinski definition) is 5. The Morgan fingerprint density at radius 3 is 1.20 bits per heavy atom. The number of esters is 1. The van der Waals surface area contributed by atoms with Crippen molar-refractivity contribution in [2.45, 2.75) is 302 Å². The van der Waals surface area contributed by atoms with Crippen LogP contribution in [0.5, 0.6) is 0 Å². The van der Waals surface area contributed by atoms with E-state index < -0.39 is 18.2 Å². The fraction of sp³-hybridized carbons (Fsp3) is 0.889. The fourth-order valence-corrected chi connectivity index (χ4v) is 8.19. The molecular formula is C54H103NO5. The number of carbonyl (C=O) groups is 2. The number of allylic oxidation sites excluding steroid dienone is 4. The van der Waals surface area contributed by atoms with Gasteiger partial charge in [0.2, 0.25) is 5.91 Å². The molecule has 3 atom stereocenters. The Bertz CT molecular complexity index is 950. The zero-order valence-corrected chi connectivity index (χ0v) is 40.4. The van der Waals surface area contributed by atoms with E-state index in [1.54, 1.807) is 0 Å². The Morgan fingerprint density at radius 1 is 0.467 bits per heavy atom. The van der Waals surface area contributed by atoms with Crippen LogP contribution in [-0.2, 0) is 14.3 Å². The SMILES string of the molecule is CCCCCC/C=C\CCCCCCCC(CC(=O)NC(CO)C(O)CCCCCCCCCCCCCCCCC)OC(=O)CCCCC/C=C\CCCCCCCC. The van der Waals surface area contributed by atoms with Crippen LogP contribution in [0, 0.1) is 0 Å². The standard InChI is InChI=1S/C54H103NO5/c1-4-7-10-13-16-19-22-25-26-29-31-34-37-40-43-46-52(57)51(49-56)55-53(58)48-50(45-42-39-36-33-30-27-23-20-17-14-11-8-5-2)60-54(59)47-44-41-38-35-32-28-24-21-18-15-12-9-6-3/h20,23,28,32,50-52,56-57H,4-19,21-22,24-27,29-31,33-49H2,1-3H3,(H,55,58)/b23-20-,32-28-. The van der Waals surface area contributed by atoms with Gasteiger partial charge in [0.25, 0.3) is 0 Å². The second kappa shape index (κ2) is 48.4. The first kappa shape index (κ1) is 58.3. The number of ether oxygens (including phenoxy) is 1.